The van der Waals surface area contributed by atoms with E-state index in [0.717, 1.165) is 24.3 Å². The highest BCUT2D eigenvalue weighted by molar-refractivity contribution is 5.78. The van der Waals surface area contributed by atoms with Crippen molar-refractivity contribution in [3.63, 3.8) is 0 Å². The fourth-order valence-corrected chi connectivity index (χ4v) is 1.84. The predicted octanol–water partition coefficient (Wildman–Crippen LogP) is 1.03. The molecular weight excluding hydrogens is 202 g/mol. The number of hydrogen-bond acceptors (Lipinski definition) is 4. The van der Waals surface area contributed by atoms with E-state index in [4.69, 9.17) is 10.5 Å². The zero-order valence-electron chi connectivity index (χ0n) is 10.4. The number of nitrogens with two attached hydrogens (primary N) is 1. The van der Waals surface area contributed by atoms with Crippen LogP contribution in [-0.2, 0) is 4.74 Å². The van der Waals surface area contributed by atoms with Crippen LogP contribution in [-0.4, -0.2) is 51.5 Å². The van der Waals surface area contributed by atoms with Gasteiger partial charge in [-0.1, -0.05) is 0 Å². The summed E-state index contributed by atoms with van der Waals surface area (Å²) in [5.74, 6) is 0.841. The Morgan fingerprint density at radius 3 is 2.50 bits per heavy atom. The first-order valence-corrected chi connectivity index (χ1v) is 5.92. The maximum Gasteiger partial charge on any atom is 0.137 e. The van der Waals surface area contributed by atoms with Crippen molar-refractivity contribution in [3.05, 3.63) is 11.3 Å². The largest absolute Gasteiger partial charge is 0.495 e. The van der Waals surface area contributed by atoms with E-state index >= 15 is 0 Å². The summed E-state index contributed by atoms with van der Waals surface area (Å²) >= 11 is 0. The molecule has 2 aliphatic heterocycles. The molecule has 0 amide bonds. The highest BCUT2D eigenvalue weighted by Gasteiger charge is 2.06. The topological polar surface area (TPSA) is 50.9 Å². The molecule has 16 heavy (non-hydrogen) atoms. The lowest BCUT2D eigenvalue weighted by molar-refractivity contribution is 0.309. The van der Waals surface area contributed by atoms with Crippen LogP contribution >= 0.6 is 0 Å². The van der Waals surface area contributed by atoms with Crippen LogP contribution in [0, 0.1) is 0 Å². The van der Waals surface area contributed by atoms with Gasteiger partial charge in [-0.15, -0.1) is 0 Å². The van der Waals surface area contributed by atoms with Crippen molar-refractivity contribution in [2.24, 2.45) is 10.7 Å². The SMILES string of the molecule is CN1CCCC1.COC1=C(CN)CCN=C1. The zero-order chi connectivity index (χ0) is 11.8. The number of rotatable bonds is 2. The second-order valence-electron chi connectivity index (χ2n) is 4.17. The Bertz CT molecular complexity index is 255. The lowest BCUT2D eigenvalue weighted by Gasteiger charge is -2.11. The molecule has 2 N–H and O–H groups in total. The van der Waals surface area contributed by atoms with Gasteiger partial charge in [0.1, 0.15) is 5.76 Å². The maximum absolute atomic E-state index is 5.47. The average molecular weight is 225 g/mol. The van der Waals surface area contributed by atoms with E-state index in [1.807, 2.05) is 0 Å². The van der Waals surface area contributed by atoms with Crippen molar-refractivity contribution in [2.75, 3.05) is 40.3 Å². The standard InChI is InChI=1S/C7H12N2O.C5H11N/c1-10-7-5-9-3-2-6(7)4-8;1-6-4-2-3-5-6/h5H,2-4,8H2,1H3;2-5H2,1H3. The summed E-state index contributed by atoms with van der Waals surface area (Å²) in [5, 5.41) is 0. The van der Waals surface area contributed by atoms with Gasteiger partial charge in [-0.05, 0) is 45.0 Å². The van der Waals surface area contributed by atoms with Crippen molar-refractivity contribution >= 4 is 6.21 Å². The number of hydrogen-bond donors (Lipinski definition) is 1. The van der Waals surface area contributed by atoms with Gasteiger partial charge in [-0.3, -0.25) is 4.99 Å². The number of allylic oxidation sites excluding steroid dienone is 1. The first kappa shape index (κ1) is 13.2. The van der Waals surface area contributed by atoms with Crippen LogP contribution in [0.3, 0.4) is 0 Å². The molecule has 1 fully saturated rings. The predicted molar refractivity (Wildman–Crippen MR) is 67.8 cm³/mol. The Balaban J connectivity index is 0.000000181. The summed E-state index contributed by atoms with van der Waals surface area (Å²) in [4.78, 5) is 6.43. The first-order valence-electron chi connectivity index (χ1n) is 5.92. The van der Waals surface area contributed by atoms with E-state index in [-0.39, 0.29) is 0 Å². The van der Waals surface area contributed by atoms with Gasteiger partial charge in [0.05, 0.1) is 13.3 Å². The van der Waals surface area contributed by atoms with E-state index in [1.54, 1.807) is 13.3 Å². The van der Waals surface area contributed by atoms with Gasteiger partial charge in [0.25, 0.3) is 0 Å². The molecular formula is C12H23N3O. The Hall–Kier alpha value is -0.870. The first-order chi connectivity index (χ1) is 7.77. The van der Waals surface area contributed by atoms with E-state index in [9.17, 15) is 0 Å². The Kier molecular flexibility index (Phi) is 6.11. The van der Waals surface area contributed by atoms with E-state index in [2.05, 4.69) is 16.9 Å². The van der Waals surface area contributed by atoms with Crippen LogP contribution in [0.4, 0.5) is 0 Å². The van der Waals surface area contributed by atoms with Crippen molar-refractivity contribution in [1.29, 1.82) is 0 Å². The van der Waals surface area contributed by atoms with Crippen LogP contribution in [0.2, 0.25) is 0 Å². The van der Waals surface area contributed by atoms with Crippen molar-refractivity contribution in [1.82, 2.24) is 4.90 Å². The molecule has 0 aromatic heterocycles. The number of nitrogens with zero attached hydrogens (tertiary/aromatic N) is 2. The van der Waals surface area contributed by atoms with Crippen LogP contribution in [0.15, 0.2) is 16.3 Å². The molecule has 1 saturated heterocycles. The molecule has 0 bridgehead atoms. The van der Waals surface area contributed by atoms with Gasteiger partial charge in [0.15, 0.2) is 0 Å². The molecule has 2 rings (SSSR count). The smallest absolute Gasteiger partial charge is 0.137 e. The van der Waals surface area contributed by atoms with Gasteiger partial charge in [-0.2, -0.15) is 0 Å². The normalized spacial score (nSPS) is 20.7. The van der Waals surface area contributed by atoms with Crippen LogP contribution in [0.25, 0.3) is 0 Å². The molecule has 0 atom stereocenters. The third-order valence-electron chi connectivity index (χ3n) is 2.90. The van der Waals surface area contributed by atoms with Crippen LogP contribution in [0.5, 0.6) is 0 Å². The Labute approximate surface area is 98.2 Å². The molecule has 0 aromatic carbocycles. The van der Waals surface area contributed by atoms with Gasteiger partial charge >= 0.3 is 0 Å². The van der Waals surface area contributed by atoms with Crippen molar-refractivity contribution in [3.8, 4) is 0 Å². The Morgan fingerprint density at radius 2 is 2.12 bits per heavy atom. The van der Waals surface area contributed by atoms with E-state index in [1.165, 1.54) is 25.9 Å². The molecule has 2 heterocycles. The minimum absolute atomic E-state index is 0.579. The minimum Gasteiger partial charge on any atom is -0.495 e. The average Bonchev–Trinajstić information content (AvgIpc) is 2.81. The fourth-order valence-electron chi connectivity index (χ4n) is 1.84. The molecule has 4 nitrogen and oxygen atoms in total. The Morgan fingerprint density at radius 1 is 1.44 bits per heavy atom. The number of aliphatic imine (C=N–C) groups is 1. The molecule has 0 aromatic rings. The molecule has 0 aliphatic carbocycles. The third-order valence-corrected chi connectivity index (χ3v) is 2.90. The summed E-state index contributed by atoms with van der Waals surface area (Å²) in [5.41, 5.74) is 6.63. The second kappa shape index (κ2) is 7.41. The lowest BCUT2D eigenvalue weighted by atomic mass is 10.1. The summed E-state index contributed by atoms with van der Waals surface area (Å²) < 4.78 is 5.04. The number of dihydropyridines is 1. The van der Waals surface area contributed by atoms with Crippen molar-refractivity contribution < 1.29 is 4.74 Å². The van der Waals surface area contributed by atoms with Gasteiger partial charge in [-0.25, -0.2) is 0 Å². The summed E-state index contributed by atoms with van der Waals surface area (Å²) in [6, 6.07) is 0. The van der Waals surface area contributed by atoms with E-state index < -0.39 is 0 Å². The number of likely N-dealkylation sites (tertiary alicyclic amines) is 1. The molecule has 0 radical (unpaired) electrons. The highest BCUT2D eigenvalue weighted by Crippen LogP contribution is 2.10. The fraction of sp³-hybridized carbons (Fsp3) is 0.750. The summed E-state index contributed by atoms with van der Waals surface area (Å²) in [6.45, 7) is 4.06. The summed E-state index contributed by atoms with van der Waals surface area (Å²) in [7, 11) is 3.81. The van der Waals surface area contributed by atoms with Gasteiger partial charge in [0, 0.05) is 13.1 Å². The molecule has 0 spiro atoms. The monoisotopic (exact) mass is 225 g/mol. The summed E-state index contributed by atoms with van der Waals surface area (Å²) in [6.07, 6.45) is 5.51. The highest BCUT2D eigenvalue weighted by atomic mass is 16.5. The van der Waals surface area contributed by atoms with Crippen LogP contribution in [0.1, 0.15) is 19.3 Å². The molecule has 92 valence electrons. The minimum atomic E-state index is 0.579. The molecule has 2 aliphatic rings. The van der Waals surface area contributed by atoms with Gasteiger partial charge < -0.3 is 15.4 Å². The van der Waals surface area contributed by atoms with Gasteiger partial charge in [0.2, 0.25) is 0 Å². The zero-order valence-corrected chi connectivity index (χ0v) is 10.4. The molecule has 0 unspecified atom stereocenters. The van der Waals surface area contributed by atoms with Crippen LogP contribution < -0.4 is 5.73 Å². The third kappa shape index (κ3) is 4.33. The number of methoxy groups -OCH3 is 1. The lowest BCUT2D eigenvalue weighted by Crippen LogP contribution is -2.12. The van der Waals surface area contributed by atoms with E-state index in [0.29, 0.717) is 6.54 Å². The van der Waals surface area contributed by atoms with Crippen molar-refractivity contribution in [2.45, 2.75) is 19.3 Å². The molecule has 4 heteroatoms. The number of ether oxygens (including phenoxy) is 1. The second-order valence-corrected chi connectivity index (χ2v) is 4.17. The maximum atomic E-state index is 5.47. The quantitative estimate of drug-likeness (QED) is 0.763. The molecule has 0 saturated carbocycles.